The Labute approximate surface area is 120 Å². The molecule has 1 unspecified atom stereocenters. The molecule has 0 radical (unpaired) electrons. The summed E-state index contributed by atoms with van der Waals surface area (Å²) < 4.78 is 0. The van der Waals surface area contributed by atoms with Crippen molar-refractivity contribution >= 4 is 11.4 Å². The minimum absolute atomic E-state index is 0.181. The molecule has 0 saturated carbocycles. The summed E-state index contributed by atoms with van der Waals surface area (Å²) in [5.41, 5.74) is 1.70. The molecule has 5 nitrogen and oxygen atoms in total. The molecule has 20 heavy (non-hydrogen) atoms. The molecule has 1 aromatic carbocycles. The number of nitrogens with zero attached hydrogens (tertiary/aromatic N) is 2. The van der Waals surface area contributed by atoms with E-state index in [4.69, 9.17) is 0 Å². The number of nitro groups is 1. The molecular weight excluding hydrogens is 254 g/mol. The molecule has 1 aromatic rings. The van der Waals surface area contributed by atoms with E-state index < -0.39 is 0 Å². The van der Waals surface area contributed by atoms with Gasteiger partial charge in [-0.3, -0.25) is 10.1 Å². The summed E-state index contributed by atoms with van der Waals surface area (Å²) in [6.07, 6.45) is 3.90. The Kier molecular flexibility index (Phi) is 4.95. The number of hydrogen-bond donors (Lipinski definition) is 1. The van der Waals surface area contributed by atoms with E-state index in [-0.39, 0.29) is 16.7 Å². The summed E-state index contributed by atoms with van der Waals surface area (Å²) in [4.78, 5) is 13.1. The van der Waals surface area contributed by atoms with Crippen molar-refractivity contribution < 1.29 is 4.92 Å². The Hall–Kier alpha value is -1.62. The van der Waals surface area contributed by atoms with Gasteiger partial charge in [-0.05, 0) is 45.8 Å². The van der Waals surface area contributed by atoms with Gasteiger partial charge in [-0.25, -0.2) is 0 Å². The Morgan fingerprint density at radius 3 is 2.70 bits per heavy atom. The van der Waals surface area contributed by atoms with Crippen LogP contribution in [0.2, 0.25) is 0 Å². The standard InChI is InChI=1S/C15H23N3O2/c1-12-6-7-14(10-15(12)18(19)20)16-13(2)11-17-8-4-3-5-9-17/h6-7,10,13,16H,3-5,8-9,11H2,1-2H3. The number of rotatable bonds is 5. The van der Waals surface area contributed by atoms with Gasteiger partial charge in [0.05, 0.1) is 4.92 Å². The first-order chi connectivity index (χ1) is 9.56. The van der Waals surface area contributed by atoms with Crippen molar-refractivity contribution in [1.29, 1.82) is 0 Å². The minimum Gasteiger partial charge on any atom is -0.381 e. The number of hydrogen-bond acceptors (Lipinski definition) is 4. The number of nitro benzene ring substituents is 1. The molecule has 0 spiro atoms. The third kappa shape index (κ3) is 3.93. The molecule has 0 amide bonds. The highest BCUT2D eigenvalue weighted by molar-refractivity contribution is 5.55. The maximum atomic E-state index is 10.9. The lowest BCUT2D eigenvalue weighted by Gasteiger charge is -2.29. The van der Waals surface area contributed by atoms with Crippen molar-refractivity contribution in [3.63, 3.8) is 0 Å². The number of likely N-dealkylation sites (tertiary alicyclic amines) is 1. The summed E-state index contributed by atoms with van der Waals surface area (Å²) in [5, 5.41) is 14.3. The van der Waals surface area contributed by atoms with Crippen LogP contribution in [0.3, 0.4) is 0 Å². The van der Waals surface area contributed by atoms with Gasteiger partial charge in [-0.15, -0.1) is 0 Å². The molecule has 2 rings (SSSR count). The maximum Gasteiger partial charge on any atom is 0.274 e. The van der Waals surface area contributed by atoms with Gasteiger partial charge in [0.15, 0.2) is 0 Å². The lowest BCUT2D eigenvalue weighted by atomic mass is 10.1. The van der Waals surface area contributed by atoms with Gasteiger partial charge in [0.25, 0.3) is 5.69 Å². The van der Waals surface area contributed by atoms with Crippen LogP contribution in [0.25, 0.3) is 0 Å². The zero-order valence-corrected chi connectivity index (χ0v) is 12.3. The summed E-state index contributed by atoms with van der Waals surface area (Å²) in [7, 11) is 0. The van der Waals surface area contributed by atoms with Gasteiger partial charge in [-0.2, -0.15) is 0 Å². The Bertz CT molecular complexity index is 470. The van der Waals surface area contributed by atoms with Crippen LogP contribution in [-0.4, -0.2) is 35.5 Å². The van der Waals surface area contributed by atoms with Gasteiger partial charge in [-0.1, -0.05) is 12.5 Å². The predicted molar refractivity (Wildman–Crippen MR) is 81.2 cm³/mol. The highest BCUT2D eigenvalue weighted by Crippen LogP contribution is 2.23. The summed E-state index contributed by atoms with van der Waals surface area (Å²) in [6, 6.07) is 5.63. The lowest BCUT2D eigenvalue weighted by Crippen LogP contribution is -2.38. The second kappa shape index (κ2) is 6.70. The summed E-state index contributed by atoms with van der Waals surface area (Å²) in [5.74, 6) is 0. The predicted octanol–water partition coefficient (Wildman–Crippen LogP) is 3.19. The van der Waals surface area contributed by atoms with Crippen LogP contribution in [0.15, 0.2) is 18.2 Å². The molecule has 0 aromatic heterocycles. The molecule has 1 heterocycles. The fraction of sp³-hybridized carbons (Fsp3) is 0.600. The molecule has 1 N–H and O–H groups in total. The quantitative estimate of drug-likeness (QED) is 0.663. The van der Waals surface area contributed by atoms with Gasteiger partial charge < -0.3 is 10.2 Å². The van der Waals surface area contributed by atoms with Crippen LogP contribution in [-0.2, 0) is 0 Å². The van der Waals surface area contributed by atoms with Gasteiger partial charge in [0.1, 0.15) is 0 Å². The number of anilines is 1. The molecule has 1 aliphatic rings. The van der Waals surface area contributed by atoms with Crippen molar-refractivity contribution in [2.24, 2.45) is 0 Å². The number of aryl methyl sites for hydroxylation is 1. The van der Waals surface area contributed by atoms with E-state index in [2.05, 4.69) is 17.1 Å². The molecule has 110 valence electrons. The van der Waals surface area contributed by atoms with Crippen LogP contribution in [0.1, 0.15) is 31.7 Å². The zero-order valence-electron chi connectivity index (χ0n) is 12.3. The highest BCUT2D eigenvalue weighted by atomic mass is 16.6. The SMILES string of the molecule is Cc1ccc(NC(C)CN2CCCCC2)cc1[N+](=O)[O-]. The smallest absolute Gasteiger partial charge is 0.274 e. The topological polar surface area (TPSA) is 58.4 Å². The second-order valence-electron chi connectivity index (χ2n) is 5.67. The van der Waals surface area contributed by atoms with Crippen molar-refractivity contribution in [2.45, 2.75) is 39.2 Å². The van der Waals surface area contributed by atoms with Gasteiger partial charge in [0.2, 0.25) is 0 Å². The van der Waals surface area contributed by atoms with E-state index in [1.54, 1.807) is 19.1 Å². The molecular formula is C15H23N3O2. The average molecular weight is 277 g/mol. The van der Waals surface area contributed by atoms with E-state index in [0.29, 0.717) is 5.56 Å². The first kappa shape index (κ1) is 14.8. The first-order valence-corrected chi connectivity index (χ1v) is 7.30. The van der Waals surface area contributed by atoms with E-state index in [1.165, 1.54) is 32.4 Å². The highest BCUT2D eigenvalue weighted by Gasteiger charge is 2.15. The Balaban J connectivity index is 1.95. The van der Waals surface area contributed by atoms with Gasteiger partial charge >= 0.3 is 0 Å². The molecule has 1 fully saturated rings. The largest absolute Gasteiger partial charge is 0.381 e. The van der Waals surface area contributed by atoms with Crippen molar-refractivity contribution in [3.05, 3.63) is 33.9 Å². The van der Waals surface area contributed by atoms with Crippen molar-refractivity contribution in [1.82, 2.24) is 4.90 Å². The van der Waals surface area contributed by atoms with Gasteiger partial charge in [0, 0.05) is 29.9 Å². The molecule has 1 atom stereocenters. The lowest BCUT2D eigenvalue weighted by molar-refractivity contribution is -0.385. The number of nitrogens with one attached hydrogen (secondary N) is 1. The third-order valence-corrected chi connectivity index (χ3v) is 3.80. The van der Waals surface area contributed by atoms with E-state index in [9.17, 15) is 10.1 Å². The zero-order chi connectivity index (χ0) is 14.5. The minimum atomic E-state index is -0.324. The summed E-state index contributed by atoms with van der Waals surface area (Å²) >= 11 is 0. The molecule has 1 aliphatic heterocycles. The van der Waals surface area contributed by atoms with Crippen LogP contribution in [0.5, 0.6) is 0 Å². The second-order valence-corrected chi connectivity index (χ2v) is 5.67. The monoisotopic (exact) mass is 277 g/mol. The van der Waals surface area contributed by atoms with Crippen molar-refractivity contribution in [3.8, 4) is 0 Å². The maximum absolute atomic E-state index is 10.9. The van der Waals surface area contributed by atoms with E-state index >= 15 is 0 Å². The Morgan fingerprint density at radius 2 is 2.05 bits per heavy atom. The van der Waals surface area contributed by atoms with Crippen LogP contribution in [0, 0.1) is 17.0 Å². The molecule has 0 aliphatic carbocycles. The van der Waals surface area contributed by atoms with Crippen LogP contribution in [0.4, 0.5) is 11.4 Å². The number of piperidine rings is 1. The normalized spacial score (nSPS) is 17.7. The van der Waals surface area contributed by atoms with E-state index in [0.717, 1.165) is 12.2 Å². The van der Waals surface area contributed by atoms with Crippen LogP contribution < -0.4 is 5.32 Å². The number of benzene rings is 1. The molecule has 5 heteroatoms. The fourth-order valence-electron chi connectivity index (χ4n) is 2.76. The Morgan fingerprint density at radius 1 is 1.35 bits per heavy atom. The molecule has 1 saturated heterocycles. The van der Waals surface area contributed by atoms with Crippen molar-refractivity contribution in [2.75, 3.05) is 25.0 Å². The molecule has 0 bridgehead atoms. The summed E-state index contributed by atoms with van der Waals surface area (Å²) in [6.45, 7) is 7.21. The van der Waals surface area contributed by atoms with Crippen LogP contribution >= 0.6 is 0 Å². The average Bonchev–Trinajstić information content (AvgIpc) is 2.41. The fourth-order valence-corrected chi connectivity index (χ4v) is 2.76. The first-order valence-electron chi connectivity index (χ1n) is 7.30. The van der Waals surface area contributed by atoms with E-state index in [1.807, 2.05) is 6.07 Å². The third-order valence-electron chi connectivity index (χ3n) is 3.80.